The molecule has 4 nitrogen and oxygen atoms in total. The molecule has 0 saturated carbocycles. The lowest BCUT2D eigenvalue weighted by atomic mass is 10.1. The summed E-state index contributed by atoms with van der Waals surface area (Å²) in [5.41, 5.74) is 6.96. The van der Waals surface area contributed by atoms with Gasteiger partial charge in [0.25, 0.3) is 0 Å². The predicted octanol–water partition coefficient (Wildman–Crippen LogP) is 1.91. The van der Waals surface area contributed by atoms with E-state index < -0.39 is 0 Å². The Morgan fingerprint density at radius 2 is 2.18 bits per heavy atom. The summed E-state index contributed by atoms with van der Waals surface area (Å²) in [6.45, 7) is 7.17. The summed E-state index contributed by atoms with van der Waals surface area (Å²) >= 11 is 0. The first-order chi connectivity index (χ1) is 8.15. The predicted molar refractivity (Wildman–Crippen MR) is 67.7 cm³/mol. The average Bonchev–Trinajstić information content (AvgIpc) is 2.34. The third-order valence-electron chi connectivity index (χ3n) is 2.43. The number of rotatable bonds is 7. The van der Waals surface area contributed by atoms with Gasteiger partial charge in [-0.25, -0.2) is 0 Å². The smallest absolute Gasteiger partial charge is 0.0992 e. The summed E-state index contributed by atoms with van der Waals surface area (Å²) in [4.78, 5) is 4.09. The Kier molecular flexibility index (Phi) is 6.11. The van der Waals surface area contributed by atoms with Gasteiger partial charge in [0.05, 0.1) is 18.8 Å². The normalized spacial score (nSPS) is 16.5. The third-order valence-corrected chi connectivity index (χ3v) is 2.43. The van der Waals surface area contributed by atoms with Gasteiger partial charge in [0.2, 0.25) is 0 Å². The van der Waals surface area contributed by atoms with Gasteiger partial charge in [0.1, 0.15) is 0 Å². The van der Waals surface area contributed by atoms with Crippen LogP contribution in [0.5, 0.6) is 0 Å². The number of ether oxygens (including phenoxy) is 2. The maximum Gasteiger partial charge on any atom is 0.0992 e. The second-order valence-corrected chi connectivity index (χ2v) is 4.17. The summed E-state index contributed by atoms with van der Waals surface area (Å²) in [5.74, 6) is 0. The fourth-order valence-corrected chi connectivity index (χ4v) is 1.62. The van der Waals surface area contributed by atoms with Gasteiger partial charge < -0.3 is 15.2 Å². The summed E-state index contributed by atoms with van der Waals surface area (Å²) in [6.07, 6.45) is 3.41. The van der Waals surface area contributed by atoms with E-state index >= 15 is 0 Å². The number of nitrogens with two attached hydrogens (primary N) is 1. The van der Waals surface area contributed by atoms with Gasteiger partial charge in [-0.15, -0.1) is 0 Å². The molecule has 3 atom stereocenters. The van der Waals surface area contributed by atoms with Crippen LogP contribution in [0.15, 0.2) is 24.5 Å². The van der Waals surface area contributed by atoms with Crippen LogP contribution >= 0.6 is 0 Å². The fraction of sp³-hybridized carbons (Fsp3) is 0.615. The van der Waals surface area contributed by atoms with Crippen LogP contribution in [0.4, 0.5) is 0 Å². The van der Waals surface area contributed by atoms with Gasteiger partial charge in [0, 0.05) is 30.6 Å². The molecule has 3 unspecified atom stereocenters. The van der Waals surface area contributed by atoms with Crippen molar-refractivity contribution in [3.8, 4) is 0 Å². The molecule has 0 aromatic carbocycles. The van der Waals surface area contributed by atoms with E-state index in [0.717, 1.165) is 5.56 Å². The van der Waals surface area contributed by atoms with E-state index in [9.17, 15) is 0 Å². The molecular formula is C13H22N2O2. The minimum atomic E-state index is -0.140. The second-order valence-electron chi connectivity index (χ2n) is 4.17. The first-order valence-electron chi connectivity index (χ1n) is 6.03. The van der Waals surface area contributed by atoms with Crippen LogP contribution in [0, 0.1) is 0 Å². The zero-order chi connectivity index (χ0) is 12.7. The third kappa shape index (κ3) is 4.81. The molecular weight excluding hydrogens is 216 g/mol. The molecule has 0 aliphatic heterocycles. The lowest BCUT2D eigenvalue weighted by molar-refractivity contribution is -0.0551. The van der Waals surface area contributed by atoms with Crippen molar-refractivity contribution in [3.63, 3.8) is 0 Å². The van der Waals surface area contributed by atoms with Crippen molar-refractivity contribution in [1.82, 2.24) is 4.98 Å². The van der Waals surface area contributed by atoms with Gasteiger partial charge >= 0.3 is 0 Å². The monoisotopic (exact) mass is 238 g/mol. The van der Waals surface area contributed by atoms with Crippen molar-refractivity contribution in [2.24, 2.45) is 5.73 Å². The molecule has 17 heavy (non-hydrogen) atoms. The number of aromatic nitrogens is 1. The summed E-state index contributed by atoms with van der Waals surface area (Å²) in [6, 6.07) is 3.79. The van der Waals surface area contributed by atoms with E-state index in [4.69, 9.17) is 15.2 Å². The van der Waals surface area contributed by atoms with Crippen LogP contribution in [0.3, 0.4) is 0 Å². The first kappa shape index (κ1) is 14.1. The van der Waals surface area contributed by atoms with Crippen molar-refractivity contribution >= 4 is 0 Å². The molecule has 1 aromatic rings. The Morgan fingerprint density at radius 1 is 1.41 bits per heavy atom. The molecule has 0 bridgehead atoms. The highest BCUT2D eigenvalue weighted by Crippen LogP contribution is 2.21. The largest absolute Gasteiger partial charge is 0.379 e. The van der Waals surface area contributed by atoms with Crippen molar-refractivity contribution in [3.05, 3.63) is 30.1 Å². The summed E-state index contributed by atoms with van der Waals surface area (Å²) < 4.78 is 11.2. The van der Waals surface area contributed by atoms with Crippen LogP contribution in [-0.4, -0.2) is 30.3 Å². The van der Waals surface area contributed by atoms with Crippen LogP contribution in [-0.2, 0) is 9.47 Å². The standard InChI is InChI=1S/C13H22N2O2/c1-4-16-9-10(2)17-13(11(3)14)12-6-5-7-15-8-12/h5-8,10-11,13H,4,9,14H2,1-3H3. The lowest BCUT2D eigenvalue weighted by Crippen LogP contribution is -2.31. The zero-order valence-corrected chi connectivity index (χ0v) is 10.8. The number of nitrogens with zero attached hydrogens (tertiary/aromatic N) is 1. The van der Waals surface area contributed by atoms with Crippen molar-refractivity contribution in [2.75, 3.05) is 13.2 Å². The SMILES string of the molecule is CCOCC(C)OC(c1cccnc1)C(C)N. The highest BCUT2D eigenvalue weighted by molar-refractivity contribution is 5.13. The van der Waals surface area contributed by atoms with Gasteiger partial charge in [-0.3, -0.25) is 4.98 Å². The molecule has 4 heteroatoms. The topological polar surface area (TPSA) is 57.4 Å². The average molecular weight is 238 g/mol. The maximum atomic E-state index is 5.95. The molecule has 1 heterocycles. The molecule has 1 aromatic heterocycles. The Bertz CT molecular complexity index is 304. The van der Waals surface area contributed by atoms with Gasteiger partial charge in [0.15, 0.2) is 0 Å². The molecule has 0 fully saturated rings. The number of hydrogen-bond acceptors (Lipinski definition) is 4. The van der Waals surface area contributed by atoms with E-state index in [1.807, 2.05) is 32.9 Å². The van der Waals surface area contributed by atoms with Gasteiger partial charge in [-0.1, -0.05) is 6.07 Å². The Labute approximate surface area is 103 Å². The minimum Gasteiger partial charge on any atom is -0.379 e. The Hall–Kier alpha value is -0.970. The lowest BCUT2D eigenvalue weighted by Gasteiger charge is -2.25. The zero-order valence-electron chi connectivity index (χ0n) is 10.8. The molecule has 0 aliphatic rings. The second kappa shape index (κ2) is 7.37. The summed E-state index contributed by atoms with van der Waals surface area (Å²) in [5, 5.41) is 0. The molecule has 0 aliphatic carbocycles. The Balaban J connectivity index is 2.61. The fourth-order valence-electron chi connectivity index (χ4n) is 1.62. The van der Waals surface area contributed by atoms with E-state index in [2.05, 4.69) is 4.98 Å². The van der Waals surface area contributed by atoms with Crippen molar-refractivity contribution in [1.29, 1.82) is 0 Å². The highest BCUT2D eigenvalue weighted by atomic mass is 16.5. The van der Waals surface area contributed by atoms with Crippen LogP contribution in [0.25, 0.3) is 0 Å². The van der Waals surface area contributed by atoms with Crippen molar-refractivity contribution in [2.45, 2.75) is 39.0 Å². The van der Waals surface area contributed by atoms with Crippen LogP contribution in [0.2, 0.25) is 0 Å². The van der Waals surface area contributed by atoms with Crippen LogP contribution in [0.1, 0.15) is 32.4 Å². The minimum absolute atomic E-state index is 0.0196. The number of pyridine rings is 1. The quantitative estimate of drug-likeness (QED) is 0.788. The first-order valence-corrected chi connectivity index (χ1v) is 6.03. The van der Waals surface area contributed by atoms with E-state index in [1.54, 1.807) is 12.4 Å². The summed E-state index contributed by atoms with van der Waals surface area (Å²) in [7, 11) is 0. The van der Waals surface area contributed by atoms with Gasteiger partial charge in [-0.2, -0.15) is 0 Å². The number of hydrogen-bond donors (Lipinski definition) is 1. The highest BCUT2D eigenvalue weighted by Gasteiger charge is 2.19. The van der Waals surface area contributed by atoms with Crippen LogP contribution < -0.4 is 5.73 Å². The molecule has 1 rings (SSSR count). The Morgan fingerprint density at radius 3 is 2.71 bits per heavy atom. The van der Waals surface area contributed by atoms with E-state index in [-0.39, 0.29) is 18.2 Å². The molecule has 0 saturated heterocycles. The molecule has 0 spiro atoms. The van der Waals surface area contributed by atoms with Crippen molar-refractivity contribution < 1.29 is 9.47 Å². The van der Waals surface area contributed by atoms with Gasteiger partial charge in [-0.05, 0) is 26.8 Å². The molecule has 96 valence electrons. The van der Waals surface area contributed by atoms with E-state index in [0.29, 0.717) is 13.2 Å². The molecule has 0 radical (unpaired) electrons. The van der Waals surface area contributed by atoms with E-state index in [1.165, 1.54) is 0 Å². The molecule has 0 amide bonds. The molecule has 2 N–H and O–H groups in total. The maximum absolute atomic E-state index is 5.95.